The zero-order valence-corrected chi connectivity index (χ0v) is 15.1. The van der Waals surface area contributed by atoms with Gasteiger partial charge in [-0.05, 0) is 49.6 Å². The van der Waals surface area contributed by atoms with Crippen molar-refractivity contribution < 1.29 is 4.39 Å². The molecule has 1 aliphatic heterocycles. The first-order chi connectivity index (χ1) is 12.1. The third kappa shape index (κ3) is 4.73. The average molecular weight is 360 g/mol. The standard InChI is InChI=1S/C20H23ClFN3/c1-16(5-4-7-18-6-2-3-10-23-18)24-11-13-25(14-12-24)20-9-8-17(22)15-19(20)21/h2-3,6,8-10,15H,1,4-5,7,11-14H2. The number of piperazine rings is 1. The molecule has 0 N–H and O–H groups in total. The van der Waals surface area contributed by atoms with Crippen LogP contribution in [0.2, 0.25) is 5.02 Å². The van der Waals surface area contributed by atoms with Gasteiger partial charge in [0.2, 0.25) is 0 Å². The molecule has 0 aliphatic carbocycles. The number of hydrogen-bond acceptors (Lipinski definition) is 3. The summed E-state index contributed by atoms with van der Waals surface area (Å²) in [6.07, 6.45) is 4.85. The van der Waals surface area contributed by atoms with Crippen LogP contribution in [0, 0.1) is 5.82 Å². The Morgan fingerprint density at radius 2 is 1.96 bits per heavy atom. The Morgan fingerprint density at radius 3 is 2.64 bits per heavy atom. The van der Waals surface area contributed by atoms with Gasteiger partial charge < -0.3 is 9.80 Å². The number of aromatic nitrogens is 1. The fourth-order valence-electron chi connectivity index (χ4n) is 3.18. The summed E-state index contributed by atoms with van der Waals surface area (Å²) >= 11 is 6.17. The third-order valence-corrected chi connectivity index (χ3v) is 4.90. The van der Waals surface area contributed by atoms with Gasteiger partial charge in [-0.15, -0.1) is 0 Å². The monoisotopic (exact) mass is 359 g/mol. The van der Waals surface area contributed by atoms with E-state index in [1.165, 1.54) is 17.8 Å². The van der Waals surface area contributed by atoms with E-state index in [9.17, 15) is 4.39 Å². The molecule has 0 bridgehead atoms. The zero-order chi connectivity index (χ0) is 17.6. The summed E-state index contributed by atoms with van der Waals surface area (Å²) in [6, 6.07) is 10.6. The quantitative estimate of drug-likeness (QED) is 0.755. The molecule has 3 rings (SSSR count). The summed E-state index contributed by atoms with van der Waals surface area (Å²) < 4.78 is 13.2. The molecule has 1 aromatic carbocycles. The summed E-state index contributed by atoms with van der Waals surface area (Å²) in [5.74, 6) is -0.298. The highest BCUT2D eigenvalue weighted by Gasteiger charge is 2.19. The number of pyridine rings is 1. The van der Waals surface area contributed by atoms with E-state index in [4.69, 9.17) is 11.6 Å². The van der Waals surface area contributed by atoms with E-state index >= 15 is 0 Å². The van der Waals surface area contributed by atoms with Crippen molar-refractivity contribution in [1.29, 1.82) is 0 Å². The molecule has 25 heavy (non-hydrogen) atoms. The Bertz CT molecular complexity index is 712. The molecule has 1 saturated heterocycles. The second-order valence-corrected chi connectivity index (χ2v) is 6.72. The van der Waals surface area contributed by atoms with E-state index < -0.39 is 0 Å². The lowest BCUT2D eigenvalue weighted by Crippen LogP contribution is -2.45. The first kappa shape index (κ1) is 17.7. The largest absolute Gasteiger partial charge is 0.372 e. The molecule has 3 nitrogen and oxygen atoms in total. The second kappa shape index (κ2) is 8.34. The molecule has 1 aliphatic rings. The van der Waals surface area contributed by atoms with Gasteiger partial charge in [-0.3, -0.25) is 4.98 Å². The minimum Gasteiger partial charge on any atom is -0.372 e. The molecule has 2 heterocycles. The van der Waals surface area contributed by atoms with Gasteiger partial charge in [-0.2, -0.15) is 0 Å². The van der Waals surface area contributed by atoms with Crippen molar-refractivity contribution in [3.8, 4) is 0 Å². The SMILES string of the molecule is C=C(CCCc1ccccn1)N1CCN(c2ccc(F)cc2Cl)CC1. The molecule has 1 fully saturated rings. The van der Waals surface area contributed by atoms with Crippen LogP contribution in [-0.4, -0.2) is 36.1 Å². The molecular formula is C20H23ClFN3. The van der Waals surface area contributed by atoms with Gasteiger partial charge in [0.15, 0.2) is 0 Å². The number of rotatable bonds is 6. The molecule has 0 atom stereocenters. The molecule has 5 heteroatoms. The molecule has 0 amide bonds. The van der Waals surface area contributed by atoms with Gasteiger partial charge in [0.1, 0.15) is 5.82 Å². The lowest BCUT2D eigenvalue weighted by atomic mass is 10.1. The van der Waals surface area contributed by atoms with Crippen LogP contribution in [0.5, 0.6) is 0 Å². The zero-order valence-electron chi connectivity index (χ0n) is 14.3. The first-order valence-corrected chi connectivity index (χ1v) is 9.04. The topological polar surface area (TPSA) is 19.4 Å². The van der Waals surface area contributed by atoms with Gasteiger partial charge in [0.25, 0.3) is 0 Å². The minimum atomic E-state index is -0.298. The molecule has 2 aromatic rings. The van der Waals surface area contributed by atoms with Crippen molar-refractivity contribution in [3.63, 3.8) is 0 Å². The van der Waals surface area contributed by atoms with E-state index in [1.807, 2.05) is 18.3 Å². The predicted molar refractivity (Wildman–Crippen MR) is 102 cm³/mol. The highest BCUT2D eigenvalue weighted by molar-refractivity contribution is 6.33. The fraction of sp³-hybridized carbons (Fsp3) is 0.350. The van der Waals surface area contributed by atoms with E-state index in [0.717, 1.165) is 56.8 Å². The fourth-order valence-corrected chi connectivity index (χ4v) is 3.47. The van der Waals surface area contributed by atoms with E-state index in [-0.39, 0.29) is 5.82 Å². The van der Waals surface area contributed by atoms with Crippen LogP contribution in [0.1, 0.15) is 18.5 Å². The Hall–Kier alpha value is -2.07. The molecular weight excluding hydrogens is 337 g/mol. The van der Waals surface area contributed by atoms with E-state index in [1.54, 1.807) is 6.07 Å². The van der Waals surface area contributed by atoms with Gasteiger partial charge in [-0.25, -0.2) is 4.39 Å². The number of allylic oxidation sites excluding steroid dienone is 1. The van der Waals surface area contributed by atoms with Crippen molar-refractivity contribution in [2.24, 2.45) is 0 Å². The van der Waals surface area contributed by atoms with Crippen molar-refractivity contribution in [3.05, 3.63) is 71.4 Å². The Morgan fingerprint density at radius 1 is 1.16 bits per heavy atom. The van der Waals surface area contributed by atoms with Gasteiger partial charge >= 0.3 is 0 Å². The highest BCUT2D eigenvalue weighted by atomic mass is 35.5. The summed E-state index contributed by atoms with van der Waals surface area (Å²) in [5.41, 5.74) is 3.22. The van der Waals surface area contributed by atoms with Crippen LogP contribution in [0.4, 0.5) is 10.1 Å². The van der Waals surface area contributed by atoms with Crippen LogP contribution in [-0.2, 0) is 6.42 Å². The van der Waals surface area contributed by atoms with Crippen molar-refractivity contribution in [2.45, 2.75) is 19.3 Å². The molecule has 0 radical (unpaired) electrons. The van der Waals surface area contributed by atoms with E-state index in [0.29, 0.717) is 5.02 Å². The van der Waals surface area contributed by atoms with Gasteiger partial charge in [-0.1, -0.05) is 24.2 Å². The molecule has 1 aromatic heterocycles. The van der Waals surface area contributed by atoms with Crippen LogP contribution in [0.15, 0.2) is 54.9 Å². The summed E-state index contributed by atoms with van der Waals surface area (Å²) in [6.45, 7) is 7.80. The maximum Gasteiger partial charge on any atom is 0.124 e. The Kier molecular flexibility index (Phi) is 5.92. The van der Waals surface area contributed by atoms with Crippen molar-refractivity contribution >= 4 is 17.3 Å². The van der Waals surface area contributed by atoms with Crippen molar-refractivity contribution in [2.75, 3.05) is 31.1 Å². The minimum absolute atomic E-state index is 0.298. The highest BCUT2D eigenvalue weighted by Crippen LogP contribution is 2.28. The number of halogens is 2. The third-order valence-electron chi connectivity index (χ3n) is 4.60. The summed E-state index contributed by atoms with van der Waals surface area (Å²) in [4.78, 5) is 8.90. The van der Waals surface area contributed by atoms with Crippen LogP contribution >= 0.6 is 11.6 Å². The van der Waals surface area contributed by atoms with Crippen LogP contribution < -0.4 is 4.90 Å². The van der Waals surface area contributed by atoms with Crippen LogP contribution in [0.25, 0.3) is 0 Å². The lowest BCUT2D eigenvalue weighted by Gasteiger charge is -2.38. The number of aryl methyl sites for hydroxylation is 1. The molecule has 0 unspecified atom stereocenters. The predicted octanol–water partition coefficient (Wildman–Crippen LogP) is 4.53. The Balaban J connectivity index is 1.46. The van der Waals surface area contributed by atoms with Crippen molar-refractivity contribution in [1.82, 2.24) is 9.88 Å². The van der Waals surface area contributed by atoms with Gasteiger partial charge in [0.05, 0.1) is 10.7 Å². The summed E-state index contributed by atoms with van der Waals surface area (Å²) in [7, 11) is 0. The molecule has 0 spiro atoms. The second-order valence-electron chi connectivity index (χ2n) is 6.31. The first-order valence-electron chi connectivity index (χ1n) is 8.66. The number of hydrogen-bond donors (Lipinski definition) is 0. The number of nitrogens with zero attached hydrogens (tertiary/aromatic N) is 3. The normalized spacial score (nSPS) is 14.6. The summed E-state index contributed by atoms with van der Waals surface area (Å²) in [5, 5.41) is 0.475. The lowest BCUT2D eigenvalue weighted by molar-refractivity contribution is 0.310. The molecule has 132 valence electrons. The maximum atomic E-state index is 13.2. The maximum absolute atomic E-state index is 13.2. The number of anilines is 1. The van der Waals surface area contributed by atoms with Crippen LogP contribution in [0.3, 0.4) is 0 Å². The molecule has 0 saturated carbocycles. The number of benzene rings is 1. The Labute approximate surface area is 153 Å². The average Bonchev–Trinajstić information content (AvgIpc) is 2.63. The van der Waals surface area contributed by atoms with E-state index in [2.05, 4.69) is 27.4 Å². The smallest absolute Gasteiger partial charge is 0.124 e. The van der Waals surface area contributed by atoms with Gasteiger partial charge in [0, 0.05) is 43.8 Å².